The standard InChI is InChI=1S/C21H22N4O/c1-2-4-17(5-3-1)26-18-8-6-15(7-9-18)19-12-21-23-11-10-20(25(21)24-19)16-13-22-14-16/h1-9,12,16,20,22-23H,10-11,13-14H2. The van der Waals surface area contributed by atoms with Gasteiger partial charge in [-0.05, 0) is 42.8 Å². The highest BCUT2D eigenvalue weighted by atomic mass is 16.5. The molecule has 1 unspecified atom stereocenters. The molecule has 0 radical (unpaired) electrons. The molecule has 0 bridgehead atoms. The summed E-state index contributed by atoms with van der Waals surface area (Å²) in [5, 5.41) is 11.8. The Morgan fingerprint density at radius 1 is 0.962 bits per heavy atom. The van der Waals surface area contributed by atoms with Crippen LogP contribution in [0.4, 0.5) is 5.82 Å². The van der Waals surface area contributed by atoms with Crippen molar-refractivity contribution in [1.29, 1.82) is 0 Å². The van der Waals surface area contributed by atoms with Gasteiger partial charge in [0, 0.05) is 37.2 Å². The normalized spacial score (nSPS) is 19.3. The quantitative estimate of drug-likeness (QED) is 0.752. The molecule has 0 amide bonds. The second-order valence-electron chi connectivity index (χ2n) is 7.00. The van der Waals surface area contributed by atoms with Crippen molar-refractivity contribution in [3.8, 4) is 22.8 Å². The molecule has 1 atom stereocenters. The second-order valence-corrected chi connectivity index (χ2v) is 7.00. The summed E-state index contributed by atoms with van der Waals surface area (Å²) in [6.45, 7) is 3.23. The van der Waals surface area contributed by atoms with Gasteiger partial charge in [-0.3, -0.25) is 0 Å². The van der Waals surface area contributed by atoms with Crippen LogP contribution >= 0.6 is 0 Å². The largest absolute Gasteiger partial charge is 0.457 e. The van der Waals surface area contributed by atoms with Crippen molar-refractivity contribution in [2.45, 2.75) is 12.5 Å². The van der Waals surface area contributed by atoms with Crippen LogP contribution in [-0.2, 0) is 0 Å². The van der Waals surface area contributed by atoms with Crippen molar-refractivity contribution in [2.75, 3.05) is 25.0 Å². The number of nitrogens with one attached hydrogen (secondary N) is 2. The molecule has 2 N–H and O–H groups in total. The third kappa shape index (κ3) is 2.84. The van der Waals surface area contributed by atoms with Crippen LogP contribution in [0.5, 0.6) is 11.5 Å². The average Bonchev–Trinajstić information content (AvgIpc) is 3.07. The van der Waals surface area contributed by atoms with Gasteiger partial charge in [0.15, 0.2) is 0 Å². The average molecular weight is 346 g/mol. The second kappa shape index (κ2) is 6.50. The highest BCUT2D eigenvalue weighted by Gasteiger charge is 2.32. The van der Waals surface area contributed by atoms with Gasteiger partial charge in [0.25, 0.3) is 0 Å². The zero-order valence-electron chi connectivity index (χ0n) is 14.6. The summed E-state index contributed by atoms with van der Waals surface area (Å²) in [6.07, 6.45) is 1.14. The van der Waals surface area contributed by atoms with Crippen molar-refractivity contribution in [3.05, 3.63) is 60.7 Å². The fourth-order valence-electron chi connectivity index (χ4n) is 3.73. The number of anilines is 1. The zero-order valence-corrected chi connectivity index (χ0v) is 14.6. The van der Waals surface area contributed by atoms with E-state index in [9.17, 15) is 0 Å². The Balaban J connectivity index is 1.38. The highest BCUT2D eigenvalue weighted by Crippen LogP contribution is 2.34. The van der Waals surface area contributed by atoms with Gasteiger partial charge in [0.1, 0.15) is 17.3 Å². The summed E-state index contributed by atoms with van der Waals surface area (Å²) < 4.78 is 8.07. The Morgan fingerprint density at radius 3 is 2.46 bits per heavy atom. The maximum atomic E-state index is 5.88. The molecule has 2 aliphatic heterocycles. The van der Waals surface area contributed by atoms with E-state index >= 15 is 0 Å². The molecule has 0 saturated carbocycles. The molecule has 132 valence electrons. The van der Waals surface area contributed by atoms with Crippen LogP contribution < -0.4 is 15.4 Å². The third-order valence-corrected chi connectivity index (χ3v) is 5.28. The van der Waals surface area contributed by atoms with Crippen LogP contribution in [0.2, 0.25) is 0 Å². The van der Waals surface area contributed by atoms with E-state index in [1.165, 1.54) is 0 Å². The van der Waals surface area contributed by atoms with Gasteiger partial charge in [-0.25, -0.2) is 4.68 Å². The Kier molecular flexibility index (Phi) is 3.87. The van der Waals surface area contributed by atoms with Crippen LogP contribution in [0.3, 0.4) is 0 Å². The van der Waals surface area contributed by atoms with Crippen LogP contribution in [0.25, 0.3) is 11.3 Å². The monoisotopic (exact) mass is 346 g/mol. The smallest absolute Gasteiger partial charge is 0.127 e. The maximum absolute atomic E-state index is 5.88. The maximum Gasteiger partial charge on any atom is 0.127 e. The molecule has 5 rings (SSSR count). The molecule has 1 saturated heterocycles. The summed E-state index contributed by atoms with van der Waals surface area (Å²) in [5.41, 5.74) is 2.12. The van der Waals surface area contributed by atoms with E-state index in [4.69, 9.17) is 9.84 Å². The molecule has 2 aliphatic rings. The molecule has 1 aromatic heterocycles. The molecule has 3 aromatic rings. The summed E-state index contributed by atoms with van der Waals surface area (Å²) in [7, 11) is 0. The topological polar surface area (TPSA) is 51.1 Å². The molecule has 5 heteroatoms. The van der Waals surface area contributed by atoms with Gasteiger partial charge in [-0.2, -0.15) is 5.10 Å². The van der Waals surface area contributed by atoms with Crippen molar-refractivity contribution in [2.24, 2.45) is 5.92 Å². The number of para-hydroxylation sites is 1. The van der Waals surface area contributed by atoms with E-state index < -0.39 is 0 Å². The number of ether oxygens (including phenoxy) is 1. The minimum Gasteiger partial charge on any atom is -0.457 e. The first kappa shape index (κ1) is 15.5. The minimum atomic E-state index is 0.502. The van der Waals surface area contributed by atoms with Gasteiger partial charge in [-0.15, -0.1) is 0 Å². The van der Waals surface area contributed by atoms with Crippen LogP contribution in [-0.4, -0.2) is 29.4 Å². The summed E-state index contributed by atoms with van der Waals surface area (Å²) in [5.74, 6) is 3.51. The lowest BCUT2D eigenvalue weighted by atomic mass is 9.91. The number of nitrogens with zero attached hydrogens (tertiary/aromatic N) is 2. The number of hydrogen-bond donors (Lipinski definition) is 2. The molecule has 0 aliphatic carbocycles. The van der Waals surface area contributed by atoms with E-state index in [0.717, 1.165) is 54.6 Å². The number of fused-ring (bicyclic) bond motifs is 1. The Bertz CT molecular complexity index is 884. The molecule has 0 spiro atoms. The number of rotatable bonds is 4. The number of hydrogen-bond acceptors (Lipinski definition) is 4. The lowest BCUT2D eigenvalue weighted by Crippen LogP contribution is -2.48. The SMILES string of the molecule is c1ccc(Oc2ccc(-c3cc4n(n3)C(C3CNC3)CCN4)cc2)cc1. The lowest BCUT2D eigenvalue weighted by Gasteiger charge is -2.37. The van der Waals surface area contributed by atoms with E-state index in [-0.39, 0.29) is 0 Å². The van der Waals surface area contributed by atoms with Crippen molar-refractivity contribution in [1.82, 2.24) is 15.1 Å². The predicted octanol–water partition coefficient (Wildman–Crippen LogP) is 3.92. The van der Waals surface area contributed by atoms with Gasteiger partial charge in [0.2, 0.25) is 0 Å². The minimum absolute atomic E-state index is 0.502. The Morgan fingerprint density at radius 2 is 1.73 bits per heavy atom. The Labute approximate surface area is 153 Å². The first-order valence-electron chi connectivity index (χ1n) is 9.24. The zero-order chi connectivity index (χ0) is 17.3. The molecular weight excluding hydrogens is 324 g/mol. The van der Waals surface area contributed by atoms with E-state index in [1.807, 2.05) is 42.5 Å². The summed E-state index contributed by atoms with van der Waals surface area (Å²) in [6, 6.07) is 20.7. The fraction of sp³-hybridized carbons (Fsp3) is 0.286. The molecule has 3 heterocycles. The molecule has 5 nitrogen and oxygen atoms in total. The van der Waals surface area contributed by atoms with Crippen LogP contribution in [0.15, 0.2) is 60.7 Å². The van der Waals surface area contributed by atoms with Crippen molar-refractivity contribution < 1.29 is 4.74 Å². The first-order chi connectivity index (χ1) is 12.9. The van der Waals surface area contributed by atoms with Gasteiger partial charge < -0.3 is 15.4 Å². The van der Waals surface area contributed by atoms with Gasteiger partial charge in [0.05, 0.1) is 11.7 Å². The molecule has 1 fully saturated rings. The van der Waals surface area contributed by atoms with Gasteiger partial charge >= 0.3 is 0 Å². The predicted molar refractivity (Wildman–Crippen MR) is 103 cm³/mol. The van der Waals surface area contributed by atoms with Crippen molar-refractivity contribution in [3.63, 3.8) is 0 Å². The van der Waals surface area contributed by atoms with E-state index in [0.29, 0.717) is 12.0 Å². The van der Waals surface area contributed by atoms with Crippen LogP contribution in [0, 0.1) is 5.92 Å². The number of aromatic nitrogens is 2. The lowest BCUT2D eigenvalue weighted by molar-refractivity contribution is 0.210. The first-order valence-corrected chi connectivity index (χ1v) is 9.24. The number of benzene rings is 2. The summed E-state index contributed by atoms with van der Waals surface area (Å²) in [4.78, 5) is 0. The van der Waals surface area contributed by atoms with Crippen LogP contribution in [0.1, 0.15) is 12.5 Å². The van der Waals surface area contributed by atoms with Crippen molar-refractivity contribution >= 4 is 5.82 Å². The van der Waals surface area contributed by atoms with E-state index in [1.54, 1.807) is 0 Å². The molecule has 2 aromatic carbocycles. The van der Waals surface area contributed by atoms with E-state index in [2.05, 4.69) is 33.5 Å². The fourth-order valence-corrected chi connectivity index (χ4v) is 3.73. The summed E-state index contributed by atoms with van der Waals surface area (Å²) >= 11 is 0. The molecule has 26 heavy (non-hydrogen) atoms. The highest BCUT2D eigenvalue weighted by molar-refractivity contribution is 5.64. The Hall–Kier alpha value is -2.79. The molecular formula is C21H22N4O. The van der Waals surface area contributed by atoms with Gasteiger partial charge in [-0.1, -0.05) is 18.2 Å². The third-order valence-electron chi connectivity index (χ3n) is 5.28.